The van der Waals surface area contributed by atoms with Crippen LogP contribution in [-0.2, 0) is 10.0 Å². The van der Waals surface area contributed by atoms with Crippen LogP contribution in [0.5, 0.6) is 0 Å². The van der Waals surface area contributed by atoms with Crippen molar-refractivity contribution in [2.45, 2.75) is 37.4 Å². The second kappa shape index (κ2) is 6.34. The second-order valence-corrected chi connectivity index (χ2v) is 8.25. The maximum Gasteiger partial charge on any atom is 0.250 e. The summed E-state index contributed by atoms with van der Waals surface area (Å²) in [5.74, 6) is 0.304. The Labute approximate surface area is 117 Å². The minimum atomic E-state index is -3.59. The van der Waals surface area contributed by atoms with Gasteiger partial charge in [0.15, 0.2) is 0 Å². The van der Waals surface area contributed by atoms with Crippen LogP contribution in [0, 0.1) is 12.8 Å². The maximum absolute atomic E-state index is 12.1. The van der Waals surface area contributed by atoms with Gasteiger partial charge < -0.3 is 5.11 Å². The molecule has 7 heteroatoms. The van der Waals surface area contributed by atoms with Gasteiger partial charge in [-0.25, -0.2) is 13.1 Å². The summed E-state index contributed by atoms with van der Waals surface area (Å²) < 4.78 is 27.3. The summed E-state index contributed by atoms with van der Waals surface area (Å²) in [7, 11) is -3.59. The molecular formula is C11H18ClNO3S2. The number of hydrogen-bond acceptors (Lipinski definition) is 4. The molecule has 1 rings (SSSR count). The van der Waals surface area contributed by atoms with Crippen LogP contribution >= 0.6 is 22.9 Å². The topological polar surface area (TPSA) is 66.4 Å². The SMILES string of the molecule is Cc1cc(S(=O)(=O)NC(CO)CC(C)C)sc1Cl. The third-order valence-corrected chi connectivity index (χ3v) is 5.95. The van der Waals surface area contributed by atoms with Crippen molar-refractivity contribution >= 4 is 33.0 Å². The van der Waals surface area contributed by atoms with Gasteiger partial charge in [0.1, 0.15) is 4.21 Å². The highest BCUT2D eigenvalue weighted by molar-refractivity contribution is 7.91. The lowest BCUT2D eigenvalue weighted by Gasteiger charge is -2.17. The van der Waals surface area contributed by atoms with Gasteiger partial charge in [0.2, 0.25) is 10.0 Å². The number of halogens is 1. The molecule has 0 saturated carbocycles. The molecule has 0 aromatic carbocycles. The van der Waals surface area contributed by atoms with Crippen LogP contribution in [0.25, 0.3) is 0 Å². The highest BCUT2D eigenvalue weighted by Gasteiger charge is 2.22. The fraction of sp³-hybridized carbons (Fsp3) is 0.636. The molecule has 18 heavy (non-hydrogen) atoms. The first-order valence-corrected chi connectivity index (χ1v) is 8.33. The number of nitrogens with one attached hydrogen (secondary N) is 1. The van der Waals surface area contributed by atoms with Crippen LogP contribution in [-0.4, -0.2) is 26.2 Å². The van der Waals surface area contributed by atoms with Gasteiger partial charge in [-0.1, -0.05) is 25.4 Å². The summed E-state index contributed by atoms with van der Waals surface area (Å²) in [6.07, 6.45) is 0.591. The Morgan fingerprint density at radius 2 is 2.11 bits per heavy atom. The van der Waals surface area contributed by atoms with Gasteiger partial charge in [-0.3, -0.25) is 0 Å². The van der Waals surface area contributed by atoms with E-state index in [2.05, 4.69) is 4.72 Å². The predicted molar refractivity (Wildman–Crippen MR) is 74.7 cm³/mol. The zero-order chi connectivity index (χ0) is 13.9. The van der Waals surface area contributed by atoms with E-state index >= 15 is 0 Å². The van der Waals surface area contributed by atoms with Crippen LogP contribution in [0.3, 0.4) is 0 Å². The lowest BCUT2D eigenvalue weighted by molar-refractivity contribution is 0.240. The first-order chi connectivity index (χ1) is 8.26. The molecule has 1 aromatic heterocycles. The third-order valence-electron chi connectivity index (χ3n) is 2.40. The summed E-state index contributed by atoms with van der Waals surface area (Å²) >= 11 is 6.89. The fourth-order valence-corrected chi connectivity index (χ4v) is 4.53. The molecule has 2 N–H and O–H groups in total. The lowest BCUT2D eigenvalue weighted by atomic mass is 10.1. The fourth-order valence-electron chi connectivity index (χ4n) is 1.57. The van der Waals surface area contributed by atoms with Crippen molar-refractivity contribution in [1.82, 2.24) is 4.72 Å². The molecule has 0 amide bonds. The Balaban J connectivity index is 2.87. The van der Waals surface area contributed by atoms with Crippen LogP contribution < -0.4 is 4.72 Å². The summed E-state index contributed by atoms with van der Waals surface area (Å²) in [5.41, 5.74) is 0.742. The van der Waals surface area contributed by atoms with E-state index in [1.54, 1.807) is 13.0 Å². The third kappa shape index (κ3) is 4.20. The van der Waals surface area contributed by atoms with Crippen molar-refractivity contribution < 1.29 is 13.5 Å². The van der Waals surface area contributed by atoms with Gasteiger partial charge >= 0.3 is 0 Å². The van der Waals surface area contributed by atoms with E-state index in [0.717, 1.165) is 16.9 Å². The summed E-state index contributed by atoms with van der Waals surface area (Å²) in [4.78, 5) is 0. The van der Waals surface area contributed by atoms with E-state index in [-0.39, 0.29) is 10.8 Å². The monoisotopic (exact) mass is 311 g/mol. The van der Waals surface area contributed by atoms with Crippen molar-refractivity contribution in [1.29, 1.82) is 0 Å². The molecule has 0 aliphatic heterocycles. The molecule has 0 radical (unpaired) electrons. The van der Waals surface area contributed by atoms with E-state index < -0.39 is 16.1 Å². The molecule has 1 aromatic rings. The van der Waals surface area contributed by atoms with Crippen molar-refractivity contribution in [3.05, 3.63) is 16.0 Å². The number of aryl methyl sites for hydroxylation is 1. The highest BCUT2D eigenvalue weighted by Crippen LogP contribution is 2.30. The lowest BCUT2D eigenvalue weighted by Crippen LogP contribution is -2.38. The van der Waals surface area contributed by atoms with Gasteiger partial charge in [0, 0.05) is 6.04 Å². The average Bonchev–Trinajstić information content (AvgIpc) is 2.58. The average molecular weight is 312 g/mol. The number of hydrogen-bond donors (Lipinski definition) is 2. The Hall–Kier alpha value is -0.140. The molecule has 4 nitrogen and oxygen atoms in total. The van der Waals surface area contributed by atoms with E-state index in [0.29, 0.717) is 16.7 Å². The second-order valence-electron chi connectivity index (χ2n) is 4.65. The Bertz CT molecular complexity index is 477. The van der Waals surface area contributed by atoms with Crippen molar-refractivity contribution in [3.63, 3.8) is 0 Å². The summed E-state index contributed by atoms with van der Waals surface area (Å²) in [6.45, 7) is 5.50. The highest BCUT2D eigenvalue weighted by atomic mass is 35.5. The molecule has 0 spiro atoms. The molecule has 0 bridgehead atoms. The number of aliphatic hydroxyl groups excluding tert-OH is 1. The Kier molecular flexibility index (Phi) is 5.61. The van der Waals surface area contributed by atoms with Gasteiger partial charge in [-0.15, -0.1) is 11.3 Å². The van der Waals surface area contributed by atoms with Crippen molar-refractivity contribution in [3.8, 4) is 0 Å². The predicted octanol–water partition coefficient (Wildman–Crippen LogP) is 2.40. The van der Waals surface area contributed by atoms with Gasteiger partial charge in [-0.2, -0.15) is 0 Å². The van der Waals surface area contributed by atoms with Crippen molar-refractivity contribution in [2.75, 3.05) is 6.61 Å². The number of rotatable bonds is 6. The van der Waals surface area contributed by atoms with Gasteiger partial charge in [-0.05, 0) is 30.9 Å². The largest absolute Gasteiger partial charge is 0.395 e. The molecule has 0 fully saturated rings. The smallest absolute Gasteiger partial charge is 0.250 e. The minimum absolute atomic E-state index is 0.187. The van der Waals surface area contributed by atoms with Gasteiger partial charge in [0.25, 0.3) is 0 Å². The van der Waals surface area contributed by atoms with Crippen LogP contribution in [0.4, 0.5) is 0 Å². The zero-order valence-corrected chi connectivity index (χ0v) is 13.0. The molecule has 1 heterocycles. The Morgan fingerprint density at radius 1 is 1.50 bits per heavy atom. The summed E-state index contributed by atoms with van der Waals surface area (Å²) in [5, 5.41) is 9.20. The maximum atomic E-state index is 12.1. The molecule has 0 aliphatic rings. The van der Waals surface area contributed by atoms with E-state index in [9.17, 15) is 13.5 Å². The standard InChI is InChI=1S/C11H18ClNO3S2/c1-7(2)4-9(6-14)13-18(15,16)10-5-8(3)11(12)17-10/h5,7,9,13-14H,4,6H2,1-3H3. The zero-order valence-electron chi connectivity index (χ0n) is 10.6. The summed E-state index contributed by atoms with van der Waals surface area (Å²) in [6, 6.07) is 1.08. The van der Waals surface area contributed by atoms with Crippen LogP contribution in [0.1, 0.15) is 25.8 Å². The van der Waals surface area contributed by atoms with E-state index in [4.69, 9.17) is 11.6 Å². The molecule has 1 unspecified atom stereocenters. The van der Waals surface area contributed by atoms with E-state index in [1.165, 1.54) is 0 Å². The first kappa shape index (κ1) is 15.9. The van der Waals surface area contributed by atoms with Crippen LogP contribution in [0.15, 0.2) is 10.3 Å². The Morgan fingerprint density at radius 3 is 2.50 bits per heavy atom. The first-order valence-electron chi connectivity index (χ1n) is 5.65. The minimum Gasteiger partial charge on any atom is -0.395 e. The quantitative estimate of drug-likeness (QED) is 0.847. The van der Waals surface area contributed by atoms with Crippen molar-refractivity contribution in [2.24, 2.45) is 5.92 Å². The normalized spacial score (nSPS) is 14.1. The number of aliphatic hydroxyl groups is 1. The molecule has 1 atom stereocenters. The number of thiophene rings is 1. The molecule has 104 valence electrons. The molecule has 0 saturated heterocycles. The van der Waals surface area contributed by atoms with Crippen LogP contribution in [0.2, 0.25) is 4.34 Å². The molecule has 0 aliphatic carbocycles. The number of sulfonamides is 1. The molecular weight excluding hydrogens is 294 g/mol. The van der Waals surface area contributed by atoms with E-state index in [1.807, 2.05) is 13.8 Å². The van der Waals surface area contributed by atoms with Gasteiger partial charge in [0.05, 0.1) is 10.9 Å².